The van der Waals surface area contributed by atoms with Crippen molar-refractivity contribution >= 4 is 0 Å². The van der Waals surface area contributed by atoms with Crippen molar-refractivity contribution in [1.29, 1.82) is 0 Å². The molecule has 0 heterocycles. The largest absolute Gasteiger partial charge is 0.0683 e. The van der Waals surface area contributed by atoms with Crippen LogP contribution >= 0.6 is 0 Å². The van der Waals surface area contributed by atoms with E-state index in [0.29, 0.717) is 0 Å². The van der Waals surface area contributed by atoms with Crippen molar-refractivity contribution in [3.63, 3.8) is 0 Å². The molecular formula is C24H40. The monoisotopic (exact) mass is 328 g/mol. The first-order chi connectivity index (χ1) is 11.7. The number of hydrogen-bond donors (Lipinski definition) is 0. The minimum absolute atomic E-state index is 1.00. The second-order valence-electron chi connectivity index (χ2n) is 8.33. The average molecular weight is 329 g/mol. The molecule has 0 aliphatic heterocycles. The van der Waals surface area contributed by atoms with Gasteiger partial charge in [0, 0.05) is 0 Å². The molecule has 0 atom stereocenters. The van der Waals surface area contributed by atoms with Crippen molar-refractivity contribution in [2.75, 3.05) is 0 Å². The van der Waals surface area contributed by atoms with Gasteiger partial charge < -0.3 is 0 Å². The first-order valence-electron chi connectivity index (χ1n) is 10.8. The zero-order valence-corrected chi connectivity index (χ0v) is 16.7. The van der Waals surface area contributed by atoms with Gasteiger partial charge in [0.15, 0.2) is 0 Å². The molecule has 0 radical (unpaired) electrons. The molecule has 0 bridgehead atoms. The minimum atomic E-state index is 1.00. The second kappa shape index (κ2) is 10.3. The third-order valence-corrected chi connectivity index (χ3v) is 6.58. The Morgan fingerprint density at radius 2 is 1.25 bits per heavy atom. The third kappa shape index (κ3) is 5.94. The Labute approximate surface area is 151 Å². The zero-order valence-electron chi connectivity index (χ0n) is 16.7. The number of aryl methyl sites for hydroxylation is 2. The Balaban J connectivity index is 0.00000100. The maximum atomic E-state index is 2.44. The highest BCUT2D eigenvalue weighted by Gasteiger charge is 2.29. The molecule has 2 aliphatic carbocycles. The van der Waals surface area contributed by atoms with Crippen LogP contribution in [0.25, 0.3) is 0 Å². The van der Waals surface area contributed by atoms with Gasteiger partial charge in [-0.2, -0.15) is 0 Å². The highest BCUT2D eigenvalue weighted by Crippen LogP contribution is 2.42. The maximum Gasteiger partial charge on any atom is -0.0276 e. The van der Waals surface area contributed by atoms with Crippen LogP contribution in [0.1, 0.15) is 89.7 Å². The van der Waals surface area contributed by atoms with Gasteiger partial charge in [0.25, 0.3) is 0 Å². The summed E-state index contributed by atoms with van der Waals surface area (Å²) in [5.74, 6) is 4.15. The van der Waals surface area contributed by atoms with E-state index >= 15 is 0 Å². The first-order valence-corrected chi connectivity index (χ1v) is 10.8. The van der Waals surface area contributed by atoms with E-state index in [1.54, 1.807) is 0 Å². The Hall–Kier alpha value is -0.780. The van der Waals surface area contributed by atoms with Crippen molar-refractivity contribution in [3.8, 4) is 0 Å². The molecular weight excluding hydrogens is 288 g/mol. The van der Waals surface area contributed by atoms with Crippen LogP contribution in [0.2, 0.25) is 0 Å². The Kier molecular flexibility index (Phi) is 8.36. The summed E-state index contributed by atoms with van der Waals surface area (Å²) in [4.78, 5) is 0. The van der Waals surface area contributed by atoms with E-state index in [1.807, 2.05) is 13.8 Å². The van der Waals surface area contributed by atoms with Gasteiger partial charge in [0.1, 0.15) is 0 Å². The fourth-order valence-electron chi connectivity index (χ4n) is 4.83. The molecule has 0 aromatic heterocycles. The zero-order chi connectivity index (χ0) is 17.4. The Morgan fingerprint density at radius 3 is 1.79 bits per heavy atom. The van der Waals surface area contributed by atoms with Gasteiger partial charge in [-0.15, -0.1) is 0 Å². The van der Waals surface area contributed by atoms with Crippen molar-refractivity contribution in [3.05, 3.63) is 35.4 Å². The van der Waals surface area contributed by atoms with E-state index in [0.717, 1.165) is 23.7 Å². The summed E-state index contributed by atoms with van der Waals surface area (Å²) in [5.41, 5.74) is 2.92. The highest BCUT2D eigenvalue weighted by atomic mass is 14.3. The molecule has 2 aliphatic rings. The van der Waals surface area contributed by atoms with Crippen LogP contribution in [-0.4, -0.2) is 0 Å². The van der Waals surface area contributed by atoms with Gasteiger partial charge in [-0.3, -0.25) is 0 Å². The van der Waals surface area contributed by atoms with Crippen LogP contribution in [0.15, 0.2) is 24.3 Å². The lowest BCUT2D eigenvalue weighted by Gasteiger charge is -2.37. The summed E-state index contributed by atoms with van der Waals surface area (Å²) in [6.07, 6.45) is 14.8. The van der Waals surface area contributed by atoms with Gasteiger partial charge in [-0.05, 0) is 74.7 Å². The van der Waals surface area contributed by atoms with Crippen molar-refractivity contribution < 1.29 is 0 Å². The summed E-state index contributed by atoms with van der Waals surface area (Å²) in [6.45, 7) is 8.62. The van der Waals surface area contributed by atoms with Crippen LogP contribution in [0.3, 0.4) is 0 Å². The van der Waals surface area contributed by atoms with Gasteiger partial charge in [0.2, 0.25) is 0 Å². The van der Waals surface area contributed by atoms with E-state index in [9.17, 15) is 0 Å². The molecule has 2 fully saturated rings. The molecule has 0 heteroatoms. The molecule has 1 aromatic carbocycles. The van der Waals surface area contributed by atoms with Gasteiger partial charge in [-0.25, -0.2) is 0 Å². The smallest absolute Gasteiger partial charge is 0.0276 e. The Morgan fingerprint density at radius 1 is 0.750 bits per heavy atom. The van der Waals surface area contributed by atoms with E-state index < -0.39 is 0 Å². The number of rotatable bonds is 4. The summed E-state index contributed by atoms with van der Waals surface area (Å²) in [7, 11) is 0. The van der Waals surface area contributed by atoms with Crippen LogP contribution in [0.5, 0.6) is 0 Å². The lowest BCUT2D eigenvalue weighted by Crippen LogP contribution is -2.25. The molecule has 0 amide bonds. The third-order valence-electron chi connectivity index (χ3n) is 6.58. The van der Waals surface area contributed by atoms with Crippen molar-refractivity contribution in [2.45, 2.75) is 91.9 Å². The van der Waals surface area contributed by atoms with E-state index in [2.05, 4.69) is 38.1 Å². The molecule has 3 rings (SSSR count). The highest BCUT2D eigenvalue weighted by molar-refractivity contribution is 5.21. The molecule has 136 valence electrons. The molecule has 0 nitrogen and oxygen atoms in total. The normalized spacial score (nSPS) is 30.3. The molecule has 0 saturated heterocycles. The Bertz CT molecular complexity index is 428. The van der Waals surface area contributed by atoms with E-state index in [4.69, 9.17) is 0 Å². The SMILES string of the molecule is CC.Cc1ccc(CCC2CCC(C3CCC(C)CC3)CC2)cc1. The van der Waals surface area contributed by atoms with Crippen LogP contribution in [0.4, 0.5) is 0 Å². The molecule has 0 N–H and O–H groups in total. The molecule has 1 aromatic rings. The quantitative estimate of drug-likeness (QED) is 0.534. The van der Waals surface area contributed by atoms with Crippen LogP contribution in [0, 0.1) is 30.6 Å². The van der Waals surface area contributed by atoms with Crippen molar-refractivity contribution in [2.24, 2.45) is 23.7 Å². The van der Waals surface area contributed by atoms with E-state index in [-0.39, 0.29) is 0 Å². The lowest BCUT2D eigenvalue weighted by molar-refractivity contribution is 0.148. The summed E-state index contributed by atoms with van der Waals surface area (Å²) < 4.78 is 0. The summed E-state index contributed by atoms with van der Waals surface area (Å²) in [6, 6.07) is 9.17. The number of hydrogen-bond acceptors (Lipinski definition) is 0. The summed E-state index contributed by atoms with van der Waals surface area (Å²) in [5, 5.41) is 0. The fraction of sp³-hybridized carbons (Fsp3) is 0.750. The van der Waals surface area contributed by atoms with Crippen LogP contribution < -0.4 is 0 Å². The molecule has 0 unspecified atom stereocenters. The predicted molar refractivity (Wildman–Crippen MR) is 107 cm³/mol. The van der Waals surface area contributed by atoms with E-state index in [1.165, 1.54) is 75.3 Å². The number of benzene rings is 1. The van der Waals surface area contributed by atoms with Crippen molar-refractivity contribution in [1.82, 2.24) is 0 Å². The maximum absolute atomic E-state index is 2.44. The topological polar surface area (TPSA) is 0 Å². The molecule has 2 saturated carbocycles. The molecule has 24 heavy (non-hydrogen) atoms. The average Bonchev–Trinajstić information content (AvgIpc) is 2.64. The van der Waals surface area contributed by atoms with Gasteiger partial charge in [-0.1, -0.05) is 76.3 Å². The first kappa shape index (κ1) is 19.5. The summed E-state index contributed by atoms with van der Waals surface area (Å²) >= 11 is 0. The molecule has 0 spiro atoms. The van der Waals surface area contributed by atoms with Gasteiger partial charge in [0.05, 0.1) is 0 Å². The minimum Gasteiger partial charge on any atom is -0.0683 e. The lowest BCUT2D eigenvalue weighted by atomic mass is 9.69. The second-order valence-corrected chi connectivity index (χ2v) is 8.33. The predicted octanol–water partition coefficient (Wildman–Crippen LogP) is 7.59. The van der Waals surface area contributed by atoms with Crippen LogP contribution in [-0.2, 0) is 6.42 Å². The fourth-order valence-corrected chi connectivity index (χ4v) is 4.83. The van der Waals surface area contributed by atoms with Gasteiger partial charge >= 0.3 is 0 Å². The standard InChI is InChI=1S/C22H34.C2H6/c1-17-3-7-19(8-4-17)9-10-20-11-15-22(16-12-20)21-13-5-18(2)6-14-21;1-2/h3-4,7-8,18,20-22H,5-6,9-16H2,1-2H3;1-2H3.